The van der Waals surface area contributed by atoms with Gasteiger partial charge in [-0.2, -0.15) is 0 Å². The van der Waals surface area contributed by atoms with Gasteiger partial charge in [-0.05, 0) is 43.2 Å². The number of nitrogens with one attached hydrogen (secondary N) is 1. The molecule has 1 heterocycles. The van der Waals surface area contributed by atoms with E-state index in [2.05, 4.69) is 4.72 Å². The molecule has 1 aromatic heterocycles. The molecule has 0 saturated heterocycles. The van der Waals surface area contributed by atoms with Gasteiger partial charge in [0, 0.05) is 0 Å². The molecule has 0 fully saturated rings. The van der Waals surface area contributed by atoms with Crippen LogP contribution in [0.3, 0.4) is 0 Å². The Morgan fingerprint density at radius 3 is 2.30 bits per heavy atom. The molecule has 0 aliphatic carbocycles. The van der Waals surface area contributed by atoms with Gasteiger partial charge in [0.15, 0.2) is 0 Å². The number of sulfonamides is 1. The maximum Gasteiger partial charge on any atom is 0.264 e. The van der Waals surface area contributed by atoms with Crippen LogP contribution in [0.15, 0.2) is 23.1 Å². The minimum absolute atomic E-state index is 0.0493. The molecule has 0 bridgehead atoms. The highest BCUT2D eigenvalue weighted by molar-refractivity contribution is 7.93. The molecule has 0 amide bonds. The van der Waals surface area contributed by atoms with Crippen LogP contribution in [-0.2, 0) is 10.0 Å². The Hall–Kier alpha value is -0.950. The first-order chi connectivity index (χ1) is 9.20. The van der Waals surface area contributed by atoms with Crippen LogP contribution < -0.4 is 10.5 Å². The number of rotatable bonds is 3. The molecular formula is C12H12Cl2N2O2S2. The van der Waals surface area contributed by atoms with Crippen molar-refractivity contribution in [3.63, 3.8) is 0 Å². The summed E-state index contributed by atoms with van der Waals surface area (Å²) in [6, 6.07) is 4.72. The molecule has 1 aromatic carbocycles. The molecule has 0 radical (unpaired) electrons. The normalized spacial score (nSPS) is 11.6. The molecule has 0 unspecified atom stereocenters. The van der Waals surface area contributed by atoms with Crippen LogP contribution in [0.25, 0.3) is 0 Å². The number of nitrogens with two attached hydrogens (primary N) is 1. The molecule has 2 rings (SSSR count). The van der Waals surface area contributed by atoms with E-state index in [0.717, 1.165) is 22.5 Å². The van der Waals surface area contributed by atoms with E-state index in [4.69, 9.17) is 28.9 Å². The summed E-state index contributed by atoms with van der Waals surface area (Å²) in [4.78, 5) is -0.0493. The van der Waals surface area contributed by atoms with Gasteiger partial charge in [0.1, 0.15) is 9.23 Å². The minimum Gasteiger partial charge on any atom is -0.397 e. The van der Waals surface area contributed by atoms with E-state index in [0.29, 0.717) is 15.7 Å². The lowest BCUT2D eigenvalue weighted by atomic mass is 10.1. The third kappa shape index (κ3) is 3.03. The largest absolute Gasteiger partial charge is 0.397 e. The van der Waals surface area contributed by atoms with Gasteiger partial charge in [0.05, 0.1) is 15.7 Å². The van der Waals surface area contributed by atoms with Gasteiger partial charge < -0.3 is 5.73 Å². The summed E-state index contributed by atoms with van der Waals surface area (Å²) >= 11 is 12.6. The number of halogens is 2. The molecular weight excluding hydrogens is 339 g/mol. The van der Waals surface area contributed by atoms with E-state index in [-0.39, 0.29) is 9.23 Å². The average Bonchev–Trinajstić information content (AvgIpc) is 2.66. The lowest BCUT2D eigenvalue weighted by molar-refractivity contribution is 0.601. The highest BCUT2D eigenvalue weighted by atomic mass is 35.5. The predicted octanol–water partition coefficient (Wildman–Crippen LogP) is 4.05. The van der Waals surface area contributed by atoms with E-state index in [1.165, 1.54) is 6.07 Å². The maximum atomic E-state index is 12.3. The highest BCUT2D eigenvalue weighted by Gasteiger charge is 2.22. The summed E-state index contributed by atoms with van der Waals surface area (Å²) in [5.41, 5.74) is 8.44. The van der Waals surface area contributed by atoms with Crippen LogP contribution >= 0.6 is 34.5 Å². The Labute approximate surface area is 131 Å². The number of anilines is 2. The van der Waals surface area contributed by atoms with Gasteiger partial charge in [-0.25, -0.2) is 8.42 Å². The Kier molecular flexibility index (Phi) is 4.20. The van der Waals surface area contributed by atoms with Gasteiger partial charge in [0.2, 0.25) is 0 Å². The minimum atomic E-state index is -3.81. The van der Waals surface area contributed by atoms with Crippen molar-refractivity contribution in [2.24, 2.45) is 0 Å². The molecule has 0 atom stereocenters. The first kappa shape index (κ1) is 15.4. The summed E-state index contributed by atoms with van der Waals surface area (Å²) in [7, 11) is -3.81. The number of hydrogen-bond donors (Lipinski definition) is 2. The summed E-state index contributed by atoms with van der Waals surface area (Å²) in [5.74, 6) is 0. The number of hydrogen-bond acceptors (Lipinski definition) is 4. The predicted molar refractivity (Wildman–Crippen MR) is 85.5 cm³/mol. The zero-order chi connectivity index (χ0) is 15.1. The van der Waals surface area contributed by atoms with Crippen LogP contribution in [0, 0.1) is 13.8 Å². The SMILES string of the molecule is Cc1cc(N)c(NS(=O)(=O)c2cc(Cl)sc2Cl)cc1C. The maximum absolute atomic E-state index is 12.3. The summed E-state index contributed by atoms with van der Waals surface area (Å²) in [6.07, 6.45) is 0. The molecule has 0 aliphatic rings. The molecule has 2 aromatic rings. The monoisotopic (exact) mass is 350 g/mol. The fourth-order valence-electron chi connectivity index (χ4n) is 1.64. The third-order valence-corrected chi connectivity index (χ3v) is 5.94. The van der Waals surface area contributed by atoms with Crippen LogP contribution in [-0.4, -0.2) is 8.42 Å². The van der Waals surface area contributed by atoms with Crippen molar-refractivity contribution in [3.05, 3.63) is 38.0 Å². The van der Waals surface area contributed by atoms with Crippen molar-refractivity contribution >= 4 is 55.9 Å². The smallest absolute Gasteiger partial charge is 0.264 e. The number of aryl methyl sites for hydroxylation is 2. The van der Waals surface area contributed by atoms with Gasteiger partial charge >= 0.3 is 0 Å². The lowest BCUT2D eigenvalue weighted by Crippen LogP contribution is -2.14. The fourth-order valence-corrected chi connectivity index (χ4v) is 4.86. The second-order valence-electron chi connectivity index (χ2n) is 4.32. The van der Waals surface area contributed by atoms with Crippen molar-refractivity contribution in [1.29, 1.82) is 0 Å². The molecule has 20 heavy (non-hydrogen) atoms. The first-order valence-electron chi connectivity index (χ1n) is 5.55. The Morgan fingerprint density at radius 2 is 1.75 bits per heavy atom. The summed E-state index contributed by atoms with van der Waals surface area (Å²) in [6.45, 7) is 3.78. The van der Waals surface area contributed by atoms with Crippen molar-refractivity contribution in [1.82, 2.24) is 0 Å². The van der Waals surface area contributed by atoms with Gasteiger partial charge in [0.25, 0.3) is 10.0 Å². The highest BCUT2D eigenvalue weighted by Crippen LogP contribution is 2.35. The fraction of sp³-hybridized carbons (Fsp3) is 0.167. The Morgan fingerprint density at radius 1 is 1.15 bits per heavy atom. The number of thiophene rings is 1. The third-order valence-electron chi connectivity index (χ3n) is 2.83. The quantitative estimate of drug-likeness (QED) is 0.820. The second-order valence-corrected chi connectivity index (χ2v) is 8.25. The van der Waals surface area contributed by atoms with Gasteiger partial charge in [-0.3, -0.25) is 4.72 Å². The van der Waals surface area contributed by atoms with E-state index >= 15 is 0 Å². The van der Waals surface area contributed by atoms with E-state index in [1.807, 2.05) is 13.8 Å². The average molecular weight is 351 g/mol. The van der Waals surface area contributed by atoms with Crippen LogP contribution in [0.2, 0.25) is 8.67 Å². The molecule has 0 saturated carbocycles. The lowest BCUT2D eigenvalue weighted by Gasteiger charge is -2.12. The zero-order valence-electron chi connectivity index (χ0n) is 10.7. The summed E-state index contributed by atoms with van der Waals surface area (Å²) < 4.78 is 27.4. The molecule has 3 N–H and O–H groups in total. The van der Waals surface area contributed by atoms with Crippen molar-refractivity contribution in [3.8, 4) is 0 Å². The van der Waals surface area contributed by atoms with E-state index in [9.17, 15) is 8.42 Å². The van der Waals surface area contributed by atoms with Crippen LogP contribution in [0.5, 0.6) is 0 Å². The van der Waals surface area contributed by atoms with Crippen molar-refractivity contribution in [2.45, 2.75) is 18.7 Å². The Balaban J connectivity index is 2.43. The molecule has 0 spiro atoms. The zero-order valence-corrected chi connectivity index (χ0v) is 13.8. The molecule has 108 valence electrons. The van der Waals surface area contributed by atoms with Crippen LogP contribution in [0.1, 0.15) is 11.1 Å². The van der Waals surface area contributed by atoms with E-state index < -0.39 is 10.0 Å². The Bertz CT molecular complexity index is 770. The van der Waals surface area contributed by atoms with Crippen molar-refractivity contribution in [2.75, 3.05) is 10.5 Å². The molecule has 4 nitrogen and oxygen atoms in total. The topological polar surface area (TPSA) is 72.2 Å². The molecule has 0 aliphatic heterocycles. The second kappa shape index (κ2) is 5.44. The summed E-state index contributed by atoms with van der Waals surface area (Å²) in [5, 5.41) is 0. The molecule has 8 heteroatoms. The van der Waals surface area contributed by atoms with Crippen LogP contribution in [0.4, 0.5) is 11.4 Å². The van der Waals surface area contributed by atoms with Gasteiger partial charge in [-0.1, -0.05) is 23.2 Å². The standard InChI is InChI=1S/C12H12Cl2N2O2S2/c1-6-3-8(15)9(4-7(6)2)16-20(17,18)10-5-11(13)19-12(10)14/h3-5,16H,15H2,1-2H3. The van der Waals surface area contributed by atoms with E-state index in [1.54, 1.807) is 12.1 Å². The number of benzene rings is 1. The van der Waals surface area contributed by atoms with Crippen molar-refractivity contribution < 1.29 is 8.42 Å². The first-order valence-corrected chi connectivity index (χ1v) is 8.60. The number of nitrogen functional groups attached to an aromatic ring is 1. The van der Waals surface area contributed by atoms with Gasteiger partial charge in [-0.15, -0.1) is 11.3 Å².